The van der Waals surface area contributed by atoms with Crippen molar-refractivity contribution < 1.29 is 22.8 Å². The third-order valence-corrected chi connectivity index (χ3v) is 1.88. The molecule has 0 spiro atoms. The number of halogens is 3. The molecule has 1 heterocycles. The molecule has 3 nitrogen and oxygen atoms in total. The second kappa shape index (κ2) is 2.88. The SMILES string of the molecule is FC(F)(F)ON1OCC=C1C1CC1. The number of alkyl halides is 3. The van der Waals surface area contributed by atoms with Crippen LogP contribution in [0.1, 0.15) is 12.8 Å². The quantitative estimate of drug-likeness (QED) is 0.672. The zero-order valence-electron chi connectivity index (χ0n) is 6.67. The van der Waals surface area contributed by atoms with Gasteiger partial charge in [-0.05, 0) is 18.9 Å². The van der Waals surface area contributed by atoms with Gasteiger partial charge in [0.15, 0.2) is 0 Å². The van der Waals surface area contributed by atoms with Gasteiger partial charge >= 0.3 is 6.36 Å². The monoisotopic (exact) mass is 195 g/mol. The molecular formula is C7H8F3NO2. The normalized spacial score (nSPS) is 23.6. The zero-order valence-corrected chi connectivity index (χ0v) is 6.67. The molecular weight excluding hydrogens is 187 g/mol. The van der Waals surface area contributed by atoms with E-state index in [0.717, 1.165) is 12.8 Å². The Balaban J connectivity index is 1.96. The third-order valence-electron chi connectivity index (χ3n) is 1.88. The first-order valence-corrected chi connectivity index (χ1v) is 3.95. The fourth-order valence-corrected chi connectivity index (χ4v) is 1.21. The van der Waals surface area contributed by atoms with Gasteiger partial charge in [0.05, 0.1) is 12.3 Å². The van der Waals surface area contributed by atoms with Crippen molar-refractivity contribution in [1.29, 1.82) is 0 Å². The van der Waals surface area contributed by atoms with Crippen molar-refractivity contribution in [3.05, 3.63) is 11.8 Å². The first kappa shape index (κ1) is 8.83. The van der Waals surface area contributed by atoms with E-state index in [4.69, 9.17) is 0 Å². The van der Waals surface area contributed by atoms with Crippen LogP contribution in [0, 0.1) is 5.92 Å². The lowest BCUT2D eigenvalue weighted by Crippen LogP contribution is -2.28. The second-order valence-electron chi connectivity index (χ2n) is 2.99. The number of hydroxylamine groups is 2. The van der Waals surface area contributed by atoms with Crippen LogP contribution in [-0.4, -0.2) is 18.2 Å². The van der Waals surface area contributed by atoms with E-state index in [1.165, 1.54) is 0 Å². The molecule has 13 heavy (non-hydrogen) atoms. The number of rotatable bonds is 2. The Morgan fingerprint density at radius 3 is 2.69 bits per heavy atom. The highest BCUT2D eigenvalue weighted by Crippen LogP contribution is 2.41. The molecule has 2 rings (SSSR count). The summed E-state index contributed by atoms with van der Waals surface area (Å²) in [6.07, 6.45) is -1.25. The van der Waals surface area contributed by atoms with Crippen LogP contribution < -0.4 is 0 Å². The van der Waals surface area contributed by atoms with Crippen molar-refractivity contribution >= 4 is 0 Å². The molecule has 0 unspecified atom stereocenters. The Morgan fingerprint density at radius 1 is 1.46 bits per heavy atom. The lowest BCUT2D eigenvalue weighted by atomic mass is 10.3. The van der Waals surface area contributed by atoms with Gasteiger partial charge in [-0.3, -0.25) is 0 Å². The fourth-order valence-electron chi connectivity index (χ4n) is 1.21. The topological polar surface area (TPSA) is 21.7 Å². The van der Waals surface area contributed by atoms with Crippen molar-refractivity contribution in [1.82, 2.24) is 5.23 Å². The summed E-state index contributed by atoms with van der Waals surface area (Å²) in [5, 5.41) is 0.484. The fraction of sp³-hybridized carbons (Fsp3) is 0.714. The van der Waals surface area contributed by atoms with Gasteiger partial charge < -0.3 is 0 Å². The summed E-state index contributed by atoms with van der Waals surface area (Å²) in [7, 11) is 0. The van der Waals surface area contributed by atoms with Crippen LogP contribution in [0.15, 0.2) is 11.8 Å². The van der Waals surface area contributed by atoms with Crippen LogP contribution in [0.4, 0.5) is 13.2 Å². The Kier molecular flexibility index (Phi) is 1.96. The number of hydrogen-bond donors (Lipinski definition) is 0. The van der Waals surface area contributed by atoms with Gasteiger partial charge in [0.25, 0.3) is 0 Å². The van der Waals surface area contributed by atoms with E-state index < -0.39 is 6.36 Å². The predicted octanol–water partition coefficient (Wildman–Crippen LogP) is 1.98. The molecule has 1 fully saturated rings. The van der Waals surface area contributed by atoms with Crippen molar-refractivity contribution in [2.75, 3.05) is 6.61 Å². The van der Waals surface area contributed by atoms with Crippen molar-refractivity contribution in [2.24, 2.45) is 5.92 Å². The molecule has 0 aromatic heterocycles. The largest absolute Gasteiger partial charge is 0.545 e. The summed E-state index contributed by atoms with van der Waals surface area (Å²) in [4.78, 5) is 8.30. The first-order valence-electron chi connectivity index (χ1n) is 3.95. The molecule has 1 aliphatic heterocycles. The molecule has 0 atom stereocenters. The summed E-state index contributed by atoms with van der Waals surface area (Å²) in [6, 6.07) is 0. The molecule has 0 amide bonds. The van der Waals surface area contributed by atoms with Gasteiger partial charge in [0.2, 0.25) is 0 Å². The van der Waals surface area contributed by atoms with E-state index in [9.17, 15) is 13.2 Å². The Hall–Kier alpha value is -0.750. The lowest BCUT2D eigenvalue weighted by Gasteiger charge is -2.20. The average Bonchev–Trinajstić information content (AvgIpc) is 2.72. The molecule has 6 heteroatoms. The first-order chi connectivity index (χ1) is 6.06. The Morgan fingerprint density at radius 2 is 2.15 bits per heavy atom. The highest BCUT2D eigenvalue weighted by atomic mass is 19.4. The van der Waals surface area contributed by atoms with E-state index >= 15 is 0 Å². The molecule has 0 saturated heterocycles. The Bertz CT molecular complexity index is 234. The van der Waals surface area contributed by atoms with Crippen LogP contribution in [0.3, 0.4) is 0 Å². The van der Waals surface area contributed by atoms with E-state index in [0.29, 0.717) is 10.9 Å². The second-order valence-corrected chi connectivity index (χ2v) is 2.99. The van der Waals surface area contributed by atoms with Gasteiger partial charge in [-0.2, -0.15) is 0 Å². The Labute approximate surface area is 72.6 Å². The third kappa shape index (κ3) is 2.13. The van der Waals surface area contributed by atoms with Gasteiger partial charge in [-0.15, -0.1) is 23.2 Å². The smallest absolute Gasteiger partial charge is 0.244 e. The van der Waals surface area contributed by atoms with E-state index in [1.54, 1.807) is 6.08 Å². The molecule has 0 aromatic rings. The summed E-state index contributed by atoms with van der Waals surface area (Å²) in [5.41, 5.74) is 0.498. The number of hydrogen-bond acceptors (Lipinski definition) is 3. The van der Waals surface area contributed by atoms with Gasteiger partial charge in [0, 0.05) is 5.92 Å². The minimum absolute atomic E-state index is 0.155. The zero-order chi connectivity index (χ0) is 9.47. The molecule has 74 valence electrons. The molecule has 1 saturated carbocycles. The molecule has 2 aliphatic rings. The maximum Gasteiger partial charge on any atom is 0.545 e. The van der Waals surface area contributed by atoms with E-state index in [-0.39, 0.29) is 12.5 Å². The van der Waals surface area contributed by atoms with Crippen molar-refractivity contribution in [3.63, 3.8) is 0 Å². The molecule has 0 aromatic carbocycles. The van der Waals surface area contributed by atoms with Gasteiger partial charge in [0.1, 0.15) is 0 Å². The average molecular weight is 195 g/mol. The molecule has 0 bridgehead atoms. The van der Waals surface area contributed by atoms with E-state index in [1.807, 2.05) is 0 Å². The molecule has 1 aliphatic carbocycles. The molecule has 0 radical (unpaired) electrons. The summed E-state index contributed by atoms with van der Waals surface area (Å²) in [5.74, 6) is 0.185. The van der Waals surface area contributed by atoms with Crippen LogP contribution in [0.2, 0.25) is 0 Å². The number of allylic oxidation sites excluding steroid dienone is 1. The summed E-state index contributed by atoms with van der Waals surface area (Å²) < 4.78 is 35.4. The molecule has 0 N–H and O–H groups in total. The number of nitrogens with zero attached hydrogens (tertiary/aromatic N) is 1. The van der Waals surface area contributed by atoms with Gasteiger partial charge in [-0.1, -0.05) is 0 Å². The highest BCUT2D eigenvalue weighted by molar-refractivity contribution is 5.11. The maximum absolute atomic E-state index is 11.8. The maximum atomic E-state index is 11.8. The van der Waals surface area contributed by atoms with Crippen molar-refractivity contribution in [2.45, 2.75) is 19.2 Å². The minimum atomic E-state index is -4.68. The lowest BCUT2D eigenvalue weighted by molar-refractivity contribution is -0.477. The standard InChI is InChI=1S/C7H8F3NO2/c8-7(9,10)13-11-6(3-4-12-11)5-1-2-5/h3,5H,1-2,4H2. The summed E-state index contributed by atoms with van der Waals surface area (Å²) >= 11 is 0. The van der Waals surface area contributed by atoms with Crippen LogP contribution >= 0.6 is 0 Å². The summed E-state index contributed by atoms with van der Waals surface area (Å²) in [6.45, 7) is 0.155. The van der Waals surface area contributed by atoms with Crippen LogP contribution in [-0.2, 0) is 9.68 Å². The predicted molar refractivity (Wildman–Crippen MR) is 35.7 cm³/mol. The van der Waals surface area contributed by atoms with Crippen LogP contribution in [0.25, 0.3) is 0 Å². The minimum Gasteiger partial charge on any atom is -0.244 e. The van der Waals surface area contributed by atoms with Crippen molar-refractivity contribution in [3.8, 4) is 0 Å². The van der Waals surface area contributed by atoms with E-state index in [2.05, 4.69) is 9.68 Å². The van der Waals surface area contributed by atoms with Gasteiger partial charge in [-0.25, -0.2) is 4.84 Å². The highest BCUT2D eigenvalue weighted by Gasteiger charge is 2.40. The van der Waals surface area contributed by atoms with Crippen LogP contribution in [0.5, 0.6) is 0 Å².